The first kappa shape index (κ1) is 7.28. The van der Waals surface area contributed by atoms with Gasteiger partial charge >= 0.3 is 0 Å². The summed E-state index contributed by atoms with van der Waals surface area (Å²) in [5.41, 5.74) is 0. The van der Waals surface area contributed by atoms with E-state index in [1.54, 1.807) is 0 Å². The molecule has 1 N–H and O–H groups in total. The lowest BCUT2D eigenvalue weighted by molar-refractivity contribution is -0.129. The molecule has 1 aliphatic heterocycles. The number of carbonyl (C=O) groups is 1. The van der Waals surface area contributed by atoms with Crippen molar-refractivity contribution in [2.24, 2.45) is 0 Å². The largest absolute Gasteiger partial charge is 0.376 e. The summed E-state index contributed by atoms with van der Waals surface area (Å²) < 4.78 is 0. The Kier molecular flexibility index (Phi) is 2.45. The Morgan fingerprint density at radius 1 is 1.70 bits per heavy atom. The number of hydrogen-bond donors (Lipinski definition) is 1. The molecule has 0 saturated carbocycles. The van der Waals surface area contributed by atoms with Crippen molar-refractivity contribution in [3.05, 3.63) is 12.2 Å². The lowest BCUT2D eigenvalue weighted by Gasteiger charge is -2.15. The number of amides is 1. The highest BCUT2D eigenvalue weighted by molar-refractivity contribution is 5.87. The lowest BCUT2D eigenvalue weighted by Crippen LogP contribution is -2.30. The first-order valence-electron chi connectivity index (χ1n) is 3.41. The summed E-state index contributed by atoms with van der Waals surface area (Å²) in [7, 11) is 0. The normalized spacial score (nSPS) is 19.3. The van der Waals surface area contributed by atoms with Crippen LogP contribution >= 0.6 is 0 Å². The van der Waals surface area contributed by atoms with Crippen LogP contribution in [0, 0.1) is 0 Å². The van der Waals surface area contributed by atoms with Crippen molar-refractivity contribution in [2.45, 2.75) is 12.8 Å². The molecule has 0 saturated heterocycles. The van der Waals surface area contributed by atoms with E-state index in [9.17, 15) is 4.79 Å². The first-order valence-corrected chi connectivity index (χ1v) is 3.41. The fourth-order valence-electron chi connectivity index (χ4n) is 0.940. The topological polar surface area (TPSA) is 40.5 Å². The van der Waals surface area contributed by atoms with Gasteiger partial charge in [0.2, 0.25) is 5.91 Å². The lowest BCUT2D eigenvalue weighted by atomic mass is 10.3. The quantitative estimate of drug-likeness (QED) is 0.563. The highest BCUT2D eigenvalue weighted by atomic mass is 16.3. The highest BCUT2D eigenvalue weighted by Gasteiger charge is 2.09. The molecule has 0 aliphatic carbocycles. The molecule has 3 heteroatoms. The van der Waals surface area contributed by atoms with Gasteiger partial charge in [-0.1, -0.05) is 6.08 Å². The summed E-state index contributed by atoms with van der Waals surface area (Å²) >= 11 is 0. The van der Waals surface area contributed by atoms with Gasteiger partial charge in [-0.3, -0.25) is 4.79 Å². The van der Waals surface area contributed by atoms with Crippen molar-refractivity contribution in [3.8, 4) is 0 Å². The van der Waals surface area contributed by atoms with Crippen LogP contribution in [0.5, 0.6) is 0 Å². The zero-order valence-corrected chi connectivity index (χ0v) is 5.79. The van der Waals surface area contributed by atoms with E-state index in [-0.39, 0.29) is 12.6 Å². The predicted molar refractivity (Wildman–Crippen MR) is 37.2 cm³/mol. The zero-order chi connectivity index (χ0) is 7.40. The van der Waals surface area contributed by atoms with Gasteiger partial charge in [-0.2, -0.15) is 0 Å². The van der Waals surface area contributed by atoms with Gasteiger partial charge in [-0.05, 0) is 18.9 Å². The summed E-state index contributed by atoms with van der Waals surface area (Å²) in [6.07, 6.45) is 5.24. The molecule has 1 rings (SSSR count). The molecular weight excluding hydrogens is 130 g/mol. The van der Waals surface area contributed by atoms with E-state index in [1.165, 1.54) is 11.0 Å². The van der Waals surface area contributed by atoms with E-state index in [0.29, 0.717) is 6.54 Å². The Morgan fingerprint density at radius 2 is 2.50 bits per heavy atom. The Balaban J connectivity index is 2.55. The molecule has 0 aromatic heterocycles. The van der Waals surface area contributed by atoms with Crippen LogP contribution in [0.2, 0.25) is 0 Å². The maximum absolute atomic E-state index is 10.9. The van der Waals surface area contributed by atoms with Crippen molar-refractivity contribution in [3.63, 3.8) is 0 Å². The van der Waals surface area contributed by atoms with E-state index in [1.807, 2.05) is 6.08 Å². The van der Waals surface area contributed by atoms with Crippen LogP contribution in [0.25, 0.3) is 0 Å². The third-order valence-corrected chi connectivity index (χ3v) is 1.54. The molecule has 10 heavy (non-hydrogen) atoms. The maximum Gasteiger partial charge on any atom is 0.248 e. The van der Waals surface area contributed by atoms with Crippen LogP contribution in [0.3, 0.4) is 0 Å². The SMILES string of the molecule is O=C1C=CCCCN1CO. The number of aliphatic hydroxyl groups excluding tert-OH is 1. The minimum atomic E-state index is -0.164. The van der Waals surface area contributed by atoms with E-state index in [4.69, 9.17) is 5.11 Å². The third-order valence-electron chi connectivity index (χ3n) is 1.54. The molecule has 0 spiro atoms. The third kappa shape index (κ3) is 1.57. The average Bonchev–Trinajstić information content (AvgIpc) is 2.13. The summed E-state index contributed by atoms with van der Waals surface area (Å²) in [4.78, 5) is 12.3. The minimum absolute atomic E-state index is 0.0833. The molecule has 0 fully saturated rings. The van der Waals surface area contributed by atoms with Crippen molar-refractivity contribution in [1.29, 1.82) is 0 Å². The van der Waals surface area contributed by atoms with Crippen LogP contribution in [0.4, 0.5) is 0 Å². The Hall–Kier alpha value is -0.830. The number of rotatable bonds is 1. The fraction of sp³-hybridized carbons (Fsp3) is 0.571. The van der Waals surface area contributed by atoms with E-state index in [2.05, 4.69) is 0 Å². The molecular formula is C7H11NO2. The first-order chi connectivity index (χ1) is 4.84. The fourth-order valence-corrected chi connectivity index (χ4v) is 0.940. The summed E-state index contributed by atoms with van der Waals surface area (Å²) in [6.45, 7) is 0.505. The molecule has 0 bridgehead atoms. The van der Waals surface area contributed by atoms with Gasteiger partial charge in [-0.15, -0.1) is 0 Å². The van der Waals surface area contributed by atoms with Gasteiger partial charge in [0.1, 0.15) is 6.73 Å². The van der Waals surface area contributed by atoms with Crippen molar-refractivity contribution in [2.75, 3.05) is 13.3 Å². The second-order valence-corrected chi connectivity index (χ2v) is 2.29. The van der Waals surface area contributed by atoms with Crippen LogP contribution in [-0.2, 0) is 4.79 Å². The average molecular weight is 141 g/mol. The molecule has 0 aromatic rings. The van der Waals surface area contributed by atoms with Crippen molar-refractivity contribution < 1.29 is 9.90 Å². The maximum atomic E-state index is 10.9. The number of hydrogen-bond acceptors (Lipinski definition) is 2. The second kappa shape index (κ2) is 3.37. The van der Waals surface area contributed by atoms with E-state index < -0.39 is 0 Å². The molecule has 1 aliphatic rings. The molecule has 1 amide bonds. The molecule has 0 aromatic carbocycles. The standard InChI is InChI=1S/C7H11NO2/c9-6-8-5-3-1-2-4-7(8)10/h2,4,9H,1,3,5-6H2. The Morgan fingerprint density at radius 3 is 3.20 bits per heavy atom. The van der Waals surface area contributed by atoms with Gasteiger partial charge in [0.25, 0.3) is 0 Å². The Labute approximate surface area is 59.9 Å². The second-order valence-electron chi connectivity index (χ2n) is 2.29. The number of nitrogens with zero attached hydrogens (tertiary/aromatic N) is 1. The minimum Gasteiger partial charge on any atom is -0.376 e. The zero-order valence-electron chi connectivity index (χ0n) is 5.79. The van der Waals surface area contributed by atoms with Gasteiger partial charge < -0.3 is 10.0 Å². The van der Waals surface area contributed by atoms with Gasteiger partial charge in [0.05, 0.1) is 0 Å². The van der Waals surface area contributed by atoms with Crippen LogP contribution in [0.15, 0.2) is 12.2 Å². The molecule has 56 valence electrons. The molecule has 0 atom stereocenters. The van der Waals surface area contributed by atoms with Crippen LogP contribution < -0.4 is 0 Å². The van der Waals surface area contributed by atoms with Crippen molar-refractivity contribution in [1.82, 2.24) is 4.90 Å². The van der Waals surface area contributed by atoms with Crippen LogP contribution in [-0.4, -0.2) is 29.2 Å². The molecule has 0 radical (unpaired) electrons. The van der Waals surface area contributed by atoms with E-state index in [0.717, 1.165) is 12.8 Å². The smallest absolute Gasteiger partial charge is 0.248 e. The molecule has 3 nitrogen and oxygen atoms in total. The molecule has 0 unspecified atom stereocenters. The number of aliphatic hydroxyl groups is 1. The molecule has 1 heterocycles. The predicted octanol–water partition coefficient (Wildman–Crippen LogP) is 0.115. The van der Waals surface area contributed by atoms with Crippen molar-refractivity contribution >= 4 is 5.91 Å². The van der Waals surface area contributed by atoms with Gasteiger partial charge in [-0.25, -0.2) is 0 Å². The van der Waals surface area contributed by atoms with Crippen LogP contribution in [0.1, 0.15) is 12.8 Å². The Bertz CT molecular complexity index is 154. The summed E-state index contributed by atoms with van der Waals surface area (Å²) in [5, 5.41) is 8.66. The van der Waals surface area contributed by atoms with E-state index >= 15 is 0 Å². The number of carbonyl (C=O) groups excluding carboxylic acids is 1. The summed E-state index contributed by atoms with van der Waals surface area (Å²) in [6, 6.07) is 0. The number of allylic oxidation sites excluding steroid dienone is 1. The van der Waals surface area contributed by atoms with Gasteiger partial charge in [0, 0.05) is 6.54 Å². The summed E-state index contributed by atoms with van der Waals surface area (Å²) in [5.74, 6) is -0.0833. The highest BCUT2D eigenvalue weighted by Crippen LogP contribution is 2.02. The monoisotopic (exact) mass is 141 g/mol. The van der Waals surface area contributed by atoms with Gasteiger partial charge in [0.15, 0.2) is 0 Å².